The fourth-order valence-electron chi connectivity index (χ4n) is 7.61. The Hall–Kier alpha value is -3.21. The first-order valence-electron chi connectivity index (χ1n) is 16.1. The molecule has 2 aliphatic heterocycles. The van der Waals surface area contributed by atoms with Gasteiger partial charge in [-0.2, -0.15) is 0 Å². The van der Waals surface area contributed by atoms with Crippen LogP contribution >= 0.6 is 0 Å². The van der Waals surface area contributed by atoms with Gasteiger partial charge in [0.25, 0.3) is 11.8 Å². The minimum absolute atomic E-state index is 0.0185. The van der Waals surface area contributed by atoms with Gasteiger partial charge in [0.15, 0.2) is 0 Å². The number of rotatable bonds is 4. The average molecular weight is 636 g/mol. The molecule has 5 atom stereocenters. The molecule has 0 aromatic heterocycles. The fourth-order valence-corrected chi connectivity index (χ4v) is 9.20. The van der Waals surface area contributed by atoms with E-state index in [1.165, 1.54) is 23.8 Å². The largest absolute Gasteiger partial charge is 0.490 e. The third kappa shape index (κ3) is 6.69. The molecule has 6 rings (SSSR count). The highest BCUT2D eigenvalue weighted by atomic mass is 32.2. The summed E-state index contributed by atoms with van der Waals surface area (Å²) in [5.41, 5.74) is 5.01. The molecule has 9 nitrogen and oxygen atoms in total. The first-order valence-corrected chi connectivity index (χ1v) is 17.8. The summed E-state index contributed by atoms with van der Waals surface area (Å²) in [7, 11) is -0.226. The van der Waals surface area contributed by atoms with Crippen molar-refractivity contribution < 1.29 is 28.0 Å². The smallest absolute Gasteiger partial charge is 0.286 e. The Morgan fingerprint density at radius 1 is 1.18 bits per heavy atom. The third-order valence-corrected chi connectivity index (χ3v) is 11.8. The summed E-state index contributed by atoms with van der Waals surface area (Å²) in [5, 5.41) is 0. The Kier molecular flexibility index (Phi) is 9.36. The van der Waals surface area contributed by atoms with Gasteiger partial charge in [-0.05, 0) is 93.0 Å². The van der Waals surface area contributed by atoms with E-state index < -0.39 is 21.7 Å². The van der Waals surface area contributed by atoms with Gasteiger partial charge in [-0.25, -0.2) is 4.21 Å². The van der Waals surface area contributed by atoms with Crippen molar-refractivity contribution in [3.05, 3.63) is 70.8 Å². The molecular weight excluding hydrogens is 590 g/mol. The standard InChI is InChI=1S/C35H45N3O6S/c1-24-10-14-29-25(18-24)8-7-16-35(29)22-38-20-27-11-13-28(27)31(43-3)9-5-4-6-17-45(41,36-33(39)21-42-2)37-34(40)26-12-15-32(44-23-35)30(38)19-26/h5,9-10,12,14-15,18-19,27-28,31H,4,6-8,11,13,16-17,20-23H2,1-3H3,(H,36,37,39,40,41)/b9-5+/t27-,28+,31-,35-,45-/m0/s1. The highest BCUT2D eigenvalue weighted by molar-refractivity contribution is 7.92. The van der Waals surface area contributed by atoms with Gasteiger partial charge in [0.1, 0.15) is 22.3 Å². The van der Waals surface area contributed by atoms with E-state index in [9.17, 15) is 13.8 Å². The van der Waals surface area contributed by atoms with Crippen LogP contribution in [0.1, 0.15) is 65.6 Å². The molecule has 2 heterocycles. The molecule has 45 heavy (non-hydrogen) atoms. The van der Waals surface area contributed by atoms with E-state index in [2.05, 4.69) is 51.3 Å². The van der Waals surface area contributed by atoms with E-state index in [-0.39, 0.29) is 23.9 Å². The molecule has 2 amide bonds. The molecule has 1 fully saturated rings. The van der Waals surface area contributed by atoms with Gasteiger partial charge in [0, 0.05) is 38.3 Å². The van der Waals surface area contributed by atoms with Crippen LogP contribution in [0.4, 0.5) is 5.69 Å². The lowest BCUT2D eigenvalue weighted by atomic mass is 9.68. The Balaban J connectivity index is 1.43. The normalized spacial score (nSPS) is 30.5. The van der Waals surface area contributed by atoms with Crippen LogP contribution in [0.5, 0.6) is 5.75 Å². The predicted molar refractivity (Wildman–Crippen MR) is 175 cm³/mol. The Morgan fingerprint density at radius 3 is 2.82 bits per heavy atom. The summed E-state index contributed by atoms with van der Waals surface area (Å²) in [4.78, 5) is 28.4. The quantitative estimate of drug-likeness (QED) is 0.464. The first kappa shape index (κ1) is 31.8. The van der Waals surface area contributed by atoms with Crippen molar-refractivity contribution in [2.24, 2.45) is 16.2 Å². The molecule has 2 aliphatic carbocycles. The van der Waals surface area contributed by atoms with Crippen LogP contribution in [0, 0.1) is 18.8 Å². The maximum Gasteiger partial charge on any atom is 0.286 e. The number of carbonyl (C=O) groups excluding carboxylic acids is 2. The number of fused-ring (bicyclic) bond motifs is 4. The molecular formula is C35H45N3O6S. The summed E-state index contributed by atoms with van der Waals surface area (Å²) in [6.07, 6.45) is 10.7. The molecule has 0 radical (unpaired) electrons. The molecule has 10 heteroatoms. The van der Waals surface area contributed by atoms with E-state index in [0.29, 0.717) is 36.8 Å². The second kappa shape index (κ2) is 13.3. The molecule has 1 spiro atoms. The number of nitrogens with zero attached hydrogens (tertiary/aromatic N) is 2. The number of hydrogen-bond acceptors (Lipinski definition) is 7. The van der Waals surface area contributed by atoms with Crippen molar-refractivity contribution in [3.8, 4) is 5.75 Å². The minimum Gasteiger partial charge on any atom is -0.490 e. The maximum absolute atomic E-state index is 13.9. The monoisotopic (exact) mass is 635 g/mol. The van der Waals surface area contributed by atoms with Crippen LogP contribution in [-0.4, -0.2) is 68.4 Å². The maximum atomic E-state index is 13.9. The van der Waals surface area contributed by atoms with Crippen LogP contribution in [0.3, 0.4) is 0 Å². The van der Waals surface area contributed by atoms with Crippen molar-refractivity contribution in [3.63, 3.8) is 0 Å². The molecule has 4 aliphatic rings. The zero-order valence-electron chi connectivity index (χ0n) is 26.6. The van der Waals surface area contributed by atoms with Gasteiger partial charge in [0.05, 0.1) is 24.2 Å². The zero-order chi connectivity index (χ0) is 31.6. The van der Waals surface area contributed by atoms with Gasteiger partial charge in [-0.3, -0.25) is 14.3 Å². The van der Waals surface area contributed by atoms with Crippen molar-refractivity contribution in [1.29, 1.82) is 0 Å². The predicted octanol–water partition coefficient (Wildman–Crippen LogP) is 5.15. The van der Waals surface area contributed by atoms with Gasteiger partial charge < -0.3 is 19.1 Å². The number of hydrogen-bond donors (Lipinski definition) is 1. The van der Waals surface area contributed by atoms with Crippen LogP contribution in [0.25, 0.3) is 0 Å². The number of allylic oxidation sites excluding steroid dienone is 1. The number of carbonyl (C=O) groups is 2. The van der Waals surface area contributed by atoms with Gasteiger partial charge in [-0.1, -0.05) is 35.9 Å². The summed E-state index contributed by atoms with van der Waals surface area (Å²) >= 11 is 0. The molecule has 2 bridgehead atoms. The van der Waals surface area contributed by atoms with Gasteiger partial charge in [-0.15, -0.1) is 4.36 Å². The van der Waals surface area contributed by atoms with Crippen molar-refractivity contribution >= 4 is 27.4 Å². The highest BCUT2D eigenvalue weighted by Crippen LogP contribution is 2.46. The lowest BCUT2D eigenvalue weighted by Crippen LogP contribution is -2.49. The van der Waals surface area contributed by atoms with Crippen LogP contribution in [-0.2, 0) is 36.0 Å². The number of aryl methyl sites for hydroxylation is 2. The van der Waals surface area contributed by atoms with E-state index in [0.717, 1.165) is 56.6 Å². The van der Waals surface area contributed by atoms with Crippen molar-refractivity contribution in [1.82, 2.24) is 4.72 Å². The molecule has 0 unspecified atom stereocenters. The Labute approximate surface area is 267 Å². The fraction of sp³-hybridized carbons (Fsp3) is 0.543. The lowest BCUT2D eigenvalue weighted by Gasteiger charge is -2.46. The number of anilines is 1. The summed E-state index contributed by atoms with van der Waals surface area (Å²) < 4.78 is 38.0. The van der Waals surface area contributed by atoms with Crippen molar-refractivity contribution in [2.45, 2.75) is 63.4 Å². The molecule has 2 aromatic rings. The Bertz CT molecular complexity index is 1600. The first-order chi connectivity index (χ1) is 21.7. The number of benzene rings is 2. The number of nitrogens with one attached hydrogen (secondary N) is 1. The van der Waals surface area contributed by atoms with E-state index in [1.54, 1.807) is 13.2 Å². The SMILES string of the molecule is COCC(=O)N[S@]1(=O)=NC(=O)c2ccc3c(c2)N(C[C@@H]2CC[C@H]2[C@@H](OC)/C=C/CCC1)C[C@@]1(CCCc2cc(C)ccc21)CO3. The van der Waals surface area contributed by atoms with Crippen LogP contribution in [0.2, 0.25) is 0 Å². The van der Waals surface area contributed by atoms with Crippen LogP contribution in [0.15, 0.2) is 52.9 Å². The van der Waals surface area contributed by atoms with E-state index in [4.69, 9.17) is 14.2 Å². The topological polar surface area (TPSA) is 107 Å². The number of methoxy groups -OCH3 is 2. The second-order valence-corrected chi connectivity index (χ2v) is 15.2. The third-order valence-electron chi connectivity index (χ3n) is 10.00. The molecule has 0 saturated heterocycles. The van der Waals surface area contributed by atoms with Gasteiger partial charge >= 0.3 is 0 Å². The second-order valence-electron chi connectivity index (χ2n) is 13.1. The average Bonchev–Trinajstić information content (AvgIpc) is 3.14. The summed E-state index contributed by atoms with van der Waals surface area (Å²) in [5.74, 6) is 0.383. The molecule has 1 saturated carbocycles. The zero-order valence-corrected chi connectivity index (χ0v) is 27.4. The van der Waals surface area contributed by atoms with Crippen LogP contribution < -0.4 is 14.4 Å². The Morgan fingerprint density at radius 2 is 2.04 bits per heavy atom. The molecule has 242 valence electrons. The lowest BCUT2D eigenvalue weighted by molar-refractivity contribution is -0.122. The van der Waals surface area contributed by atoms with E-state index >= 15 is 0 Å². The molecule has 1 N–H and O–H groups in total. The highest BCUT2D eigenvalue weighted by Gasteiger charge is 2.44. The number of amides is 2. The number of ether oxygens (including phenoxy) is 3. The summed E-state index contributed by atoms with van der Waals surface area (Å²) in [6.45, 7) is 4.02. The molecule has 2 aromatic carbocycles. The minimum atomic E-state index is -3.38. The van der Waals surface area contributed by atoms with Gasteiger partial charge in [0.2, 0.25) is 0 Å². The van der Waals surface area contributed by atoms with Crippen molar-refractivity contribution in [2.75, 3.05) is 51.2 Å². The van der Waals surface area contributed by atoms with E-state index in [1.807, 2.05) is 12.1 Å². The summed E-state index contributed by atoms with van der Waals surface area (Å²) in [6, 6.07) is 12.2.